The topological polar surface area (TPSA) is 69.0 Å². The monoisotopic (exact) mass is 374 g/mol. The first-order valence-electron chi connectivity index (χ1n) is 9.23. The molecule has 2 heterocycles. The van der Waals surface area contributed by atoms with Crippen molar-refractivity contribution in [1.29, 1.82) is 0 Å². The van der Waals surface area contributed by atoms with Crippen LogP contribution in [0.3, 0.4) is 0 Å². The molecule has 1 amide bonds. The highest BCUT2D eigenvalue weighted by Crippen LogP contribution is 2.21. The van der Waals surface area contributed by atoms with E-state index in [1.807, 2.05) is 30.3 Å². The number of benzene rings is 1. The lowest BCUT2D eigenvalue weighted by Crippen LogP contribution is -2.25. The molecule has 3 rings (SSSR count). The van der Waals surface area contributed by atoms with E-state index >= 15 is 0 Å². The van der Waals surface area contributed by atoms with Crippen molar-refractivity contribution in [1.82, 2.24) is 20.1 Å². The van der Waals surface area contributed by atoms with E-state index in [2.05, 4.69) is 27.0 Å². The Labute approximate surface area is 158 Å². The van der Waals surface area contributed by atoms with Crippen LogP contribution in [0.5, 0.6) is 0 Å². The Morgan fingerprint density at radius 2 is 2.19 bits per heavy atom. The summed E-state index contributed by atoms with van der Waals surface area (Å²) in [4.78, 5) is 12.2. The van der Waals surface area contributed by atoms with Crippen molar-refractivity contribution in [3.8, 4) is 0 Å². The first-order chi connectivity index (χ1) is 12.8. The Morgan fingerprint density at radius 1 is 1.35 bits per heavy atom. The van der Waals surface area contributed by atoms with Crippen LogP contribution in [0.25, 0.3) is 0 Å². The summed E-state index contributed by atoms with van der Waals surface area (Å²) in [5.74, 6) is 1.32. The van der Waals surface area contributed by atoms with E-state index in [4.69, 9.17) is 4.74 Å². The van der Waals surface area contributed by atoms with Crippen LogP contribution in [0.2, 0.25) is 0 Å². The molecule has 0 aliphatic carbocycles. The summed E-state index contributed by atoms with van der Waals surface area (Å²) >= 11 is 1.44. The van der Waals surface area contributed by atoms with Gasteiger partial charge in [-0.15, -0.1) is 10.2 Å². The predicted molar refractivity (Wildman–Crippen MR) is 102 cm³/mol. The molecule has 1 saturated heterocycles. The number of carbonyl (C=O) groups is 1. The normalized spacial score (nSPS) is 16.7. The number of amides is 1. The number of nitrogens with zero attached hydrogens (tertiary/aromatic N) is 3. The number of ether oxygens (including phenoxy) is 1. The molecule has 1 unspecified atom stereocenters. The largest absolute Gasteiger partial charge is 0.376 e. The smallest absolute Gasteiger partial charge is 0.230 e. The lowest BCUT2D eigenvalue weighted by atomic mass is 10.2. The Hall–Kier alpha value is -1.86. The van der Waals surface area contributed by atoms with E-state index in [9.17, 15) is 4.79 Å². The van der Waals surface area contributed by atoms with E-state index in [1.54, 1.807) is 0 Å². The number of aromatic nitrogens is 3. The molecular weight excluding hydrogens is 348 g/mol. The molecular formula is C19H26N4O2S. The Morgan fingerprint density at radius 3 is 2.92 bits per heavy atom. The number of thioether (sulfide) groups is 1. The second-order valence-electron chi connectivity index (χ2n) is 6.45. The van der Waals surface area contributed by atoms with Crippen molar-refractivity contribution in [2.45, 2.75) is 57.0 Å². The summed E-state index contributed by atoms with van der Waals surface area (Å²) in [5.41, 5.74) is 1.10. The quantitative estimate of drug-likeness (QED) is 0.684. The predicted octanol–water partition coefficient (Wildman–Crippen LogP) is 2.82. The second-order valence-corrected chi connectivity index (χ2v) is 7.39. The molecule has 26 heavy (non-hydrogen) atoms. The standard InChI is InChI=1S/C19H26N4O2S/c1-2-7-17-21-22-19(23(17)13-16-10-6-11-25-16)26-14-18(24)20-12-15-8-4-3-5-9-15/h3-5,8-9,16H,2,6-7,10-14H2,1H3,(H,20,24). The molecule has 140 valence electrons. The van der Waals surface area contributed by atoms with Gasteiger partial charge in [-0.2, -0.15) is 0 Å². The van der Waals surface area contributed by atoms with E-state index < -0.39 is 0 Å². The van der Waals surface area contributed by atoms with Crippen LogP contribution in [-0.2, 0) is 29.0 Å². The first-order valence-corrected chi connectivity index (χ1v) is 10.2. The molecule has 1 atom stereocenters. The van der Waals surface area contributed by atoms with Gasteiger partial charge in [0.05, 0.1) is 18.4 Å². The highest BCUT2D eigenvalue weighted by molar-refractivity contribution is 7.99. The first kappa shape index (κ1) is 18.9. The van der Waals surface area contributed by atoms with Crippen molar-refractivity contribution >= 4 is 17.7 Å². The van der Waals surface area contributed by atoms with E-state index in [-0.39, 0.29) is 12.0 Å². The zero-order valence-corrected chi connectivity index (χ0v) is 16.0. The number of hydrogen-bond acceptors (Lipinski definition) is 5. The molecule has 7 heteroatoms. The lowest BCUT2D eigenvalue weighted by Gasteiger charge is -2.14. The zero-order valence-electron chi connectivity index (χ0n) is 15.2. The molecule has 6 nitrogen and oxygen atoms in total. The van der Waals surface area contributed by atoms with E-state index in [1.165, 1.54) is 11.8 Å². The average Bonchev–Trinajstić information content (AvgIpc) is 3.31. The average molecular weight is 375 g/mol. The highest BCUT2D eigenvalue weighted by Gasteiger charge is 2.21. The summed E-state index contributed by atoms with van der Waals surface area (Å²) in [6.45, 7) is 4.29. The van der Waals surface area contributed by atoms with Gasteiger partial charge in [0, 0.05) is 19.6 Å². The van der Waals surface area contributed by atoms with Gasteiger partial charge in [0.2, 0.25) is 5.91 Å². The van der Waals surface area contributed by atoms with Gasteiger partial charge >= 0.3 is 0 Å². The number of aryl methyl sites for hydroxylation is 1. The van der Waals surface area contributed by atoms with Gasteiger partial charge in [0.15, 0.2) is 5.16 Å². The summed E-state index contributed by atoms with van der Waals surface area (Å²) in [6.07, 6.45) is 4.32. The molecule has 0 spiro atoms. The Bertz CT molecular complexity index is 699. The SMILES string of the molecule is CCCc1nnc(SCC(=O)NCc2ccccc2)n1CC1CCCO1. The lowest BCUT2D eigenvalue weighted by molar-refractivity contribution is -0.118. The van der Waals surface area contributed by atoms with Crippen LogP contribution in [0.4, 0.5) is 0 Å². The third-order valence-electron chi connectivity index (χ3n) is 4.34. The molecule has 1 aromatic heterocycles. The van der Waals surface area contributed by atoms with Crippen molar-refractivity contribution in [3.63, 3.8) is 0 Å². The minimum Gasteiger partial charge on any atom is -0.376 e. The Balaban J connectivity index is 1.55. The summed E-state index contributed by atoms with van der Waals surface area (Å²) < 4.78 is 7.90. The van der Waals surface area contributed by atoms with Crippen LogP contribution in [-0.4, -0.2) is 39.1 Å². The number of carbonyl (C=O) groups excluding carboxylic acids is 1. The fourth-order valence-corrected chi connectivity index (χ4v) is 3.78. The minimum absolute atomic E-state index is 0.00237. The fraction of sp³-hybridized carbons (Fsp3) is 0.526. The molecule has 0 saturated carbocycles. The number of rotatable bonds is 9. The highest BCUT2D eigenvalue weighted by atomic mass is 32.2. The van der Waals surface area contributed by atoms with Gasteiger partial charge in [-0.05, 0) is 24.8 Å². The molecule has 1 aliphatic rings. The van der Waals surface area contributed by atoms with E-state index in [0.717, 1.165) is 55.4 Å². The minimum atomic E-state index is 0.00237. The third kappa shape index (κ3) is 5.32. The van der Waals surface area contributed by atoms with Crippen LogP contribution in [0, 0.1) is 0 Å². The van der Waals surface area contributed by atoms with Crippen LogP contribution in [0.15, 0.2) is 35.5 Å². The molecule has 0 bridgehead atoms. The maximum absolute atomic E-state index is 12.2. The van der Waals surface area contributed by atoms with Crippen molar-refractivity contribution in [2.75, 3.05) is 12.4 Å². The maximum Gasteiger partial charge on any atom is 0.230 e. The van der Waals surface area contributed by atoms with Crippen molar-refractivity contribution < 1.29 is 9.53 Å². The maximum atomic E-state index is 12.2. The van der Waals surface area contributed by atoms with Crippen molar-refractivity contribution in [3.05, 3.63) is 41.7 Å². The molecule has 2 aromatic rings. The van der Waals surface area contributed by atoms with Gasteiger partial charge in [0.1, 0.15) is 5.82 Å². The summed E-state index contributed by atoms with van der Waals surface area (Å²) in [5, 5.41) is 12.4. The van der Waals surface area contributed by atoms with Gasteiger partial charge in [0.25, 0.3) is 0 Å². The fourth-order valence-electron chi connectivity index (χ4n) is 2.99. The van der Waals surface area contributed by atoms with Gasteiger partial charge in [-0.25, -0.2) is 0 Å². The zero-order chi connectivity index (χ0) is 18.2. The Kier molecular flexibility index (Phi) is 7.08. The van der Waals surface area contributed by atoms with Gasteiger partial charge in [-0.1, -0.05) is 49.0 Å². The number of hydrogen-bond donors (Lipinski definition) is 1. The summed E-state index contributed by atoms with van der Waals surface area (Å²) in [6, 6.07) is 9.92. The summed E-state index contributed by atoms with van der Waals surface area (Å²) in [7, 11) is 0. The van der Waals surface area contributed by atoms with Crippen LogP contribution < -0.4 is 5.32 Å². The molecule has 1 aromatic carbocycles. The van der Waals surface area contributed by atoms with Crippen LogP contribution in [0.1, 0.15) is 37.6 Å². The van der Waals surface area contributed by atoms with Gasteiger partial charge < -0.3 is 14.6 Å². The third-order valence-corrected chi connectivity index (χ3v) is 5.31. The van der Waals surface area contributed by atoms with Gasteiger partial charge in [-0.3, -0.25) is 4.79 Å². The molecule has 1 N–H and O–H groups in total. The molecule has 0 radical (unpaired) electrons. The van der Waals surface area contributed by atoms with Crippen molar-refractivity contribution in [2.24, 2.45) is 0 Å². The van der Waals surface area contributed by atoms with E-state index in [0.29, 0.717) is 12.3 Å². The molecule has 1 aliphatic heterocycles. The van der Waals surface area contributed by atoms with Crippen LogP contribution >= 0.6 is 11.8 Å². The second kappa shape index (κ2) is 9.73. The number of nitrogens with one attached hydrogen (secondary N) is 1. The molecule has 1 fully saturated rings.